The first kappa shape index (κ1) is 16.1. The Bertz CT molecular complexity index is 786. The van der Waals surface area contributed by atoms with Gasteiger partial charge in [0.15, 0.2) is 5.88 Å². The number of dihydropyridines is 1. The first-order chi connectivity index (χ1) is 11.6. The third-order valence-electron chi connectivity index (χ3n) is 3.57. The number of ether oxygens (including phenoxy) is 1. The van der Waals surface area contributed by atoms with E-state index in [0.29, 0.717) is 23.8 Å². The number of carbonyl (C=O) groups is 1. The van der Waals surface area contributed by atoms with Gasteiger partial charge in [-0.05, 0) is 48.6 Å². The minimum absolute atomic E-state index is 0.0785. The van der Waals surface area contributed by atoms with Crippen LogP contribution in [-0.2, 0) is 4.79 Å². The van der Waals surface area contributed by atoms with Gasteiger partial charge >= 0.3 is 0 Å². The van der Waals surface area contributed by atoms with Gasteiger partial charge in [0.1, 0.15) is 5.75 Å². The summed E-state index contributed by atoms with van der Waals surface area (Å²) in [5.41, 5.74) is 1.40. The third kappa shape index (κ3) is 3.78. The van der Waals surface area contributed by atoms with Crippen molar-refractivity contribution in [3.63, 3.8) is 0 Å². The van der Waals surface area contributed by atoms with Crippen LogP contribution >= 0.6 is 12.6 Å². The predicted octanol–water partition coefficient (Wildman–Crippen LogP) is 2.78. The predicted molar refractivity (Wildman–Crippen MR) is 96.1 cm³/mol. The maximum Gasteiger partial charge on any atom is 0.255 e. The highest BCUT2D eigenvalue weighted by molar-refractivity contribution is 7.80. The van der Waals surface area contributed by atoms with Gasteiger partial charge in [-0.15, -0.1) is 12.6 Å². The number of nitrogens with one attached hydrogen (secondary N) is 1. The summed E-state index contributed by atoms with van der Waals surface area (Å²) in [5, 5.41) is 3.11. The second-order valence-corrected chi connectivity index (χ2v) is 5.76. The van der Waals surface area contributed by atoms with Crippen LogP contribution in [0.2, 0.25) is 0 Å². The lowest BCUT2D eigenvalue weighted by molar-refractivity contribution is -0.114. The highest BCUT2D eigenvalue weighted by atomic mass is 32.1. The zero-order valence-electron chi connectivity index (χ0n) is 13.1. The second kappa shape index (κ2) is 7.23. The number of hydrogen-bond donors (Lipinski definition) is 2. The van der Waals surface area contributed by atoms with E-state index in [2.05, 4.69) is 22.9 Å². The van der Waals surface area contributed by atoms with Crippen LogP contribution in [0.5, 0.6) is 5.75 Å². The Hall–Kier alpha value is -2.73. The van der Waals surface area contributed by atoms with Gasteiger partial charge in [0.25, 0.3) is 5.91 Å². The van der Waals surface area contributed by atoms with Crippen LogP contribution in [0.15, 0.2) is 77.3 Å². The molecule has 1 amide bonds. The molecule has 2 heterocycles. The Balaban J connectivity index is 1.68. The molecule has 2 aromatic rings. The summed E-state index contributed by atoms with van der Waals surface area (Å²) in [6.07, 6.45) is 6.86. The summed E-state index contributed by atoms with van der Waals surface area (Å²) in [4.78, 5) is 19.0. The molecule has 3 rings (SSSR count). The molecule has 1 aromatic carbocycles. The van der Waals surface area contributed by atoms with Gasteiger partial charge in [-0.1, -0.05) is 0 Å². The lowest BCUT2D eigenvalue weighted by Gasteiger charge is -2.22. The zero-order chi connectivity index (χ0) is 16.9. The SMILES string of the molecule is CN(C(=O)C1=CC=C(Oc2ccc(S)cc2)NC1)c1cccnc1. The maximum atomic E-state index is 12.5. The number of aromatic nitrogens is 1. The molecule has 0 unspecified atom stereocenters. The maximum absolute atomic E-state index is 12.5. The van der Waals surface area contributed by atoms with Crippen molar-refractivity contribution in [3.8, 4) is 5.75 Å². The van der Waals surface area contributed by atoms with E-state index in [4.69, 9.17) is 4.74 Å². The molecule has 122 valence electrons. The van der Waals surface area contributed by atoms with Gasteiger partial charge in [0, 0.05) is 30.3 Å². The van der Waals surface area contributed by atoms with Crippen molar-refractivity contribution in [2.24, 2.45) is 0 Å². The van der Waals surface area contributed by atoms with Crippen LogP contribution in [0.25, 0.3) is 0 Å². The molecule has 0 radical (unpaired) electrons. The van der Waals surface area contributed by atoms with Crippen molar-refractivity contribution < 1.29 is 9.53 Å². The minimum Gasteiger partial charge on any atom is -0.441 e. The number of anilines is 1. The molecule has 0 aliphatic carbocycles. The van der Waals surface area contributed by atoms with Crippen LogP contribution in [0.3, 0.4) is 0 Å². The average molecular weight is 339 g/mol. The molecule has 1 aromatic heterocycles. The van der Waals surface area contributed by atoms with E-state index in [1.54, 1.807) is 42.6 Å². The van der Waals surface area contributed by atoms with Gasteiger partial charge in [-0.25, -0.2) is 0 Å². The molecule has 24 heavy (non-hydrogen) atoms. The number of likely N-dealkylation sites (N-methyl/N-ethyl adjacent to an activating group) is 1. The number of hydrogen-bond acceptors (Lipinski definition) is 5. The van der Waals surface area contributed by atoms with E-state index < -0.39 is 0 Å². The molecule has 1 aliphatic heterocycles. The molecule has 0 saturated heterocycles. The first-order valence-electron chi connectivity index (χ1n) is 7.43. The van der Waals surface area contributed by atoms with E-state index in [9.17, 15) is 4.79 Å². The van der Waals surface area contributed by atoms with Gasteiger partial charge < -0.3 is 15.0 Å². The first-order valence-corrected chi connectivity index (χ1v) is 7.88. The molecule has 6 heteroatoms. The van der Waals surface area contributed by atoms with Crippen LogP contribution < -0.4 is 15.0 Å². The van der Waals surface area contributed by atoms with Crippen molar-refractivity contribution in [1.82, 2.24) is 10.3 Å². The molecule has 5 nitrogen and oxygen atoms in total. The fraction of sp³-hybridized carbons (Fsp3) is 0.111. The molecule has 0 bridgehead atoms. The van der Waals surface area contributed by atoms with E-state index >= 15 is 0 Å². The van der Waals surface area contributed by atoms with E-state index in [1.807, 2.05) is 30.3 Å². The summed E-state index contributed by atoms with van der Waals surface area (Å²) in [7, 11) is 1.73. The van der Waals surface area contributed by atoms with E-state index in [-0.39, 0.29) is 5.91 Å². The zero-order valence-corrected chi connectivity index (χ0v) is 14.0. The number of carbonyl (C=O) groups excluding carboxylic acids is 1. The third-order valence-corrected chi connectivity index (χ3v) is 3.86. The molecule has 1 N–H and O–H groups in total. The number of thiol groups is 1. The number of pyridine rings is 1. The Morgan fingerprint density at radius 2 is 2.04 bits per heavy atom. The number of amides is 1. The van der Waals surface area contributed by atoms with Crippen molar-refractivity contribution in [1.29, 1.82) is 0 Å². The summed E-state index contributed by atoms with van der Waals surface area (Å²) in [6, 6.07) is 11.0. The summed E-state index contributed by atoms with van der Waals surface area (Å²) < 4.78 is 5.72. The van der Waals surface area contributed by atoms with E-state index in [1.165, 1.54) is 0 Å². The molecular weight excluding hydrogens is 322 g/mol. The van der Waals surface area contributed by atoms with Gasteiger partial charge in [-0.3, -0.25) is 9.78 Å². The fourth-order valence-corrected chi connectivity index (χ4v) is 2.37. The number of allylic oxidation sites excluding steroid dienone is 2. The minimum atomic E-state index is -0.0785. The second-order valence-electron chi connectivity index (χ2n) is 5.25. The molecule has 0 fully saturated rings. The summed E-state index contributed by atoms with van der Waals surface area (Å²) in [5.74, 6) is 1.23. The van der Waals surface area contributed by atoms with Crippen LogP contribution in [0.1, 0.15) is 0 Å². The topological polar surface area (TPSA) is 54.5 Å². The largest absolute Gasteiger partial charge is 0.441 e. The van der Waals surface area contributed by atoms with Crippen molar-refractivity contribution >= 4 is 24.2 Å². The van der Waals surface area contributed by atoms with Crippen molar-refractivity contribution in [2.45, 2.75) is 4.90 Å². The number of nitrogens with zero attached hydrogens (tertiary/aromatic N) is 2. The quantitative estimate of drug-likeness (QED) is 0.841. The Morgan fingerprint density at radius 3 is 2.67 bits per heavy atom. The summed E-state index contributed by atoms with van der Waals surface area (Å²) >= 11 is 4.24. The highest BCUT2D eigenvalue weighted by Gasteiger charge is 2.18. The van der Waals surface area contributed by atoms with Crippen LogP contribution in [0, 0.1) is 0 Å². The Morgan fingerprint density at radius 1 is 1.25 bits per heavy atom. The molecule has 1 aliphatic rings. The number of rotatable bonds is 4. The van der Waals surface area contributed by atoms with E-state index in [0.717, 1.165) is 10.6 Å². The lowest BCUT2D eigenvalue weighted by atomic mass is 10.1. The highest BCUT2D eigenvalue weighted by Crippen LogP contribution is 2.18. The standard InChI is InChI=1S/C18H17N3O2S/c1-21(14-3-2-10-19-12-14)18(22)13-4-9-17(20-11-13)23-15-5-7-16(24)8-6-15/h2-10,12,20,24H,11H2,1H3. The van der Waals surface area contributed by atoms with Gasteiger partial charge in [0.05, 0.1) is 11.9 Å². The molecule has 0 atom stereocenters. The fourth-order valence-electron chi connectivity index (χ4n) is 2.22. The molecular formula is C18H17N3O2S. The Labute approximate surface area is 146 Å². The molecule has 0 spiro atoms. The Kier molecular flexibility index (Phi) is 4.86. The van der Waals surface area contributed by atoms with Crippen LogP contribution in [-0.4, -0.2) is 24.5 Å². The van der Waals surface area contributed by atoms with Crippen molar-refractivity contribution in [2.75, 3.05) is 18.5 Å². The monoisotopic (exact) mass is 339 g/mol. The van der Waals surface area contributed by atoms with Gasteiger partial charge in [-0.2, -0.15) is 0 Å². The average Bonchev–Trinajstić information content (AvgIpc) is 2.64. The smallest absolute Gasteiger partial charge is 0.255 e. The summed E-state index contributed by atoms with van der Waals surface area (Å²) in [6.45, 7) is 0.403. The van der Waals surface area contributed by atoms with Crippen molar-refractivity contribution in [3.05, 3.63) is 72.4 Å². The number of benzene rings is 1. The van der Waals surface area contributed by atoms with Gasteiger partial charge in [0.2, 0.25) is 0 Å². The molecule has 0 saturated carbocycles. The normalized spacial score (nSPS) is 13.4. The van der Waals surface area contributed by atoms with Crippen LogP contribution in [0.4, 0.5) is 5.69 Å². The lowest BCUT2D eigenvalue weighted by Crippen LogP contribution is -2.34.